The van der Waals surface area contributed by atoms with Crippen LogP contribution in [0.2, 0.25) is 5.02 Å². The van der Waals surface area contributed by atoms with E-state index < -0.39 is 37.4 Å². The van der Waals surface area contributed by atoms with Crippen LogP contribution in [0.15, 0.2) is 42.6 Å². The van der Waals surface area contributed by atoms with Gasteiger partial charge >= 0.3 is 7.60 Å². The van der Waals surface area contributed by atoms with Crippen LogP contribution in [0.4, 0.5) is 8.78 Å². The van der Waals surface area contributed by atoms with E-state index in [0.29, 0.717) is 10.9 Å². The fraction of sp³-hybridized carbons (Fsp3) is 0.393. The molecule has 9 nitrogen and oxygen atoms in total. The second-order valence-electron chi connectivity index (χ2n) is 9.59. The number of likely N-dealkylation sites (tertiary alicyclic amines) is 1. The molecule has 2 aromatic carbocycles. The van der Waals surface area contributed by atoms with Gasteiger partial charge in [0.25, 0.3) is 0 Å². The van der Waals surface area contributed by atoms with Crippen molar-refractivity contribution in [2.45, 2.75) is 52.5 Å². The Balaban J connectivity index is 1.57. The van der Waals surface area contributed by atoms with Crippen LogP contribution in [0.3, 0.4) is 0 Å². The van der Waals surface area contributed by atoms with E-state index in [-0.39, 0.29) is 66.5 Å². The molecule has 2 unspecified atom stereocenters. The molecule has 4 rings (SSSR count). The lowest BCUT2D eigenvalue weighted by Gasteiger charge is -2.24. The third-order valence-corrected chi connectivity index (χ3v) is 9.22. The highest BCUT2D eigenvalue weighted by Gasteiger charge is 2.40. The SMILES string of the molecule is CCOP(=O)(OCC)c1ccc2c(c1)c(C(C)=O)cn2CC(=O)N1CC(F)CC1C(=O)NCc1cccc(Cl)c1F. The number of carbonyl (C=O) groups excluding carboxylic acids is 3. The Labute approximate surface area is 241 Å². The van der Waals surface area contributed by atoms with E-state index >= 15 is 0 Å². The third kappa shape index (κ3) is 6.54. The number of Topliss-reactive ketones (excluding diaryl/α,β-unsaturated/α-hetero) is 1. The molecule has 220 valence electrons. The summed E-state index contributed by atoms with van der Waals surface area (Å²) in [7, 11) is -3.64. The van der Waals surface area contributed by atoms with Crippen LogP contribution in [0.25, 0.3) is 10.9 Å². The number of hydrogen-bond donors (Lipinski definition) is 1. The number of halogens is 3. The molecule has 3 aromatic rings. The summed E-state index contributed by atoms with van der Waals surface area (Å²) in [6, 6.07) is 8.02. The maximum absolute atomic E-state index is 14.5. The molecule has 0 bridgehead atoms. The predicted molar refractivity (Wildman–Crippen MR) is 151 cm³/mol. The normalized spacial score (nSPS) is 17.3. The Morgan fingerprint density at radius 1 is 1.15 bits per heavy atom. The lowest BCUT2D eigenvalue weighted by molar-refractivity contribution is -0.139. The van der Waals surface area contributed by atoms with Gasteiger partial charge in [0.05, 0.1) is 30.1 Å². The quantitative estimate of drug-likeness (QED) is 0.248. The molecule has 1 aliphatic rings. The smallest absolute Gasteiger partial charge is 0.350 e. The lowest BCUT2D eigenvalue weighted by atomic mass is 10.1. The molecule has 0 spiro atoms. The van der Waals surface area contributed by atoms with Crippen molar-refractivity contribution in [3.8, 4) is 0 Å². The van der Waals surface area contributed by atoms with Crippen molar-refractivity contribution in [1.82, 2.24) is 14.8 Å². The first kappa shape index (κ1) is 30.8. The van der Waals surface area contributed by atoms with Gasteiger partial charge in [0.1, 0.15) is 24.6 Å². The number of amides is 2. The molecule has 0 aliphatic carbocycles. The van der Waals surface area contributed by atoms with E-state index in [1.807, 2.05) is 0 Å². The zero-order chi connectivity index (χ0) is 29.9. The monoisotopic (exact) mass is 609 g/mol. The summed E-state index contributed by atoms with van der Waals surface area (Å²) in [6.07, 6.45) is -0.115. The van der Waals surface area contributed by atoms with Gasteiger partial charge in [-0.3, -0.25) is 18.9 Å². The number of hydrogen-bond acceptors (Lipinski definition) is 6. The molecule has 41 heavy (non-hydrogen) atoms. The number of rotatable bonds is 11. The molecular formula is C28H31ClF2N3O6P. The maximum Gasteiger partial charge on any atom is 0.361 e. The molecule has 2 atom stereocenters. The molecule has 2 heterocycles. The second-order valence-corrected chi connectivity index (χ2v) is 12.0. The van der Waals surface area contributed by atoms with Gasteiger partial charge in [0.15, 0.2) is 5.78 Å². The molecule has 1 fully saturated rings. The number of benzene rings is 2. The molecule has 13 heteroatoms. The molecule has 1 aliphatic heterocycles. The highest BCUT2D eigenvalue weighted by molar-refractivity contribution is 7.62. The minimum Gasteiger partial charge on any atom is -0.350 e. The summed E-state index contributed by atoms with van der Waals surface area (Å²) >= 11 is 5.80. The number of aromatic nitrogens is 1. The highest BCUT2D eigenvalue weighted by Crippen LogP contribution is 2.47. The third-order valence-electron chi connectivity index (χ3n) is 6.82. The van der Waals surface area contributed by atoms with Crippen LogP contribution >= 0.6 is 19.2 Å². The predicted octanol–water partition coefficient (Wildman–Crippen LogP) is 4.78. The van der Waals surface area contributed by atoms with Gasteiger partial charge in [-0.2, -0.15) is 0 Å². The van der Waals surface area contributed by atoms with Crippen molar-refractivity contribution in [2.75, 3.05) is 19.8 Å². The zero-order valence-electron chi connectivity index (χ0n) is 22.9. The van der Waals surface area contributed by atoms with Crippen LogP contribution in [0.1, 0.15) is 43.1 Å². The molecule has 1 N–H and O–H groups in total. The van der Waals surface area contributed by atoms with Gasteiger partial charge in [0.2, 0.25) is 11.8 Å². The summed E-state index contributed by atoms with van der Waals surface area (Å²) in [4.78, 5) is 39.9. The van der Waals surface area contributed by atoms with E-state index in [4.69, 9.17) is 20.6 Å². The van der Waals surface area contributed by atoms with Crippen molar-refractivity contribution in [3.63, 3.8) is 0 Å². The van der Waals surface area contributed by atoms with E-state index in [1.165, 1.54) is 29.8 Å². The van der Waals surface area contributed by atoms with Gasteiger partial charge in [-0.15, -0.1) is 0 Å². The average molecular weight is 610 g/mol. The first-order chi connectivity index (χ1) is 19.5. The molecule has 1 saturated heterocycles. The van der Waals surface area contributed by atoms with Crippen LogP contribution in [0.5, 0.6) is 0 Å². The number of alkyl halides is 1. The summed E-state index contributed by atoms with van der Waals surface area (Å²) in [5.74, 6) is -2.10. The Morgan fingerprint density at radius 2 is 1.85 bits per heavy atom. The van der Waals surface area contributed by atoms with Crippen molar-refractivity contribution in [1.29, 1.82) is 0 Å². The number of nitrogens with one attached hydrogen (secondary N) is 1. The van der Waals surface area contributed by atoms with Crippen LogP contribution in [-0.2, 0) is 36.3 Å². The van der Waals surface area contributed by atoms with Crippen LogP contribution < -0.4 is 10.6 Å². The van der Waals surface area contributed by atoms with Crippen LogP contribution in [-0.4, -0.2) is 59.0 Å². The second kappa shape index (κ2) is 12.8. The number of ketones is 1. The van der Waals surface area contributed by atoms with Gasteiger partial charge in [-0.25, -0.2) is 8.78 Å². The molecule has 0 radical (unpaired) electrons. The van der Waals surface area contributed by atoms with Crippen molar-refractivity contribution >= 4 is 53.0 Å². The van der Waals surface area contributed by atoms with Gasteiger partial charge in [-0.1, -0.05) is 23.7 Å². The topological polar surface area (TPSA) is 107 Å². The van der Waals surface area contributed by atoms with Crippen molar-refractivity contribution in [3.05, 3.63) is 64.6 Å². The molecular weight excluding hydrogens is 579 g/mol. The molecule has 1 aromatic heterocycles. The fourth-order valence-corrected chi connectivity index (χ4v) is 6.71. The van der Waals surface area contributed by atoms with Gasteiger partial charge in [0, 0.05) is 41.2 Å². The van der Waals surface area contributed by atoms with Gasteiger partial charge < -0.3 is 23.8 Å². The van der Waals surface area contributed by atoms with E-state index in [2.05, 4.69) is 5.32 Å². The number of nitrogens with zero attached hydrogens (tertiary/aromatic N) is 2. The number of fused-ring (bicyclic) bond motifs is 1. The van der Waals surface area contributed by atoms with Gasteiger partial charge in [-0.05, 0) is 45.0 Å². The largest absolute Gasteiger partial charge is 0.361 e. The Kier molecular flexibility index (Phi) is 9.64. The lowest BCUT2D eigenvalue weighted by Crippen LogP contribution is -2.46. The highest BCUT2D eigenvalue weighted by atomic mass is 35.5. The minimum absolute atomic E-state index is 0.0900. The summed E-state index contributed by atoms with van der Waals surface area (Å²) in [6.45, 7) is 4.31. The van der Waals surface area contributed by atoms with E-state index in [0.717, 1.165) is 4.90 Å². The molecule has 0 saturated carbocycles. The Morgan fingerprint density at radius 3 is 2.51 bits per heavy atom. The zero-order valence-corrected chi connectivity index (χ0v) is 24.5. The summed E-state index contributed by atoms with van der Waals surface area (Å²) < 4.78 is 54.4. The molecule has 2 amide bonds. The minimum atomic E-state index is -3.64. The number of carbonyl (C=O) groups is 3. The summed E-state index contributed by atoms with van der Waals surface area (Å²) in [5, 5.41) is 3.20. The first-order valence-electron chi connectivity index (χ1n) is 13.2. The van der Waals surface area contributed by atoms with Crippen molar-refractivity contribution in [2.24, 2.45) is 0 Å². The van der Waals surface area contributed by atoms with E-state index in [9.17, 15) is 27.7 Å². The Bertz CT molecular complexity index is 1520. The summed E-state index contributed by atoms with van der Waals surface area (Å²) in [5.41, 5.74) is 0.948. The van der Waals surface area contributed by atoms with E-state index in [1.54, 1.807) is 38.1 Å². The average Bonchev–Trinajstić information content (AvgIpc) is 3.50. The van der Waals surface area contributed by atoms with Crippen molar-refractivity contribution < 1.29 is 36.8 Å². The first-order valence-corrected chi connectivity index (χ1v) is 15.1. The Hall–Kier alpha value is -3.11. The maximum atomic E-state index is 14.5. The fourth-order valence-electron chi connectivity index (χ4n) is 4.92. The standard InChI is InChI=1S/C28H31ClF2N3O6P/c1-4-39-41(38,40-5-2)20-9-10-24-21(12-20)22(17(3)35)15-33(24)16-26(36)34-14-19(30)11-25(34)28(37)32-13-18-7-6-8-23(29)27(18)31/h6-10,12,15,19,25H,4-5,11,13-14,16H2,1-3H3,(H,32,37). The van der Waals surface area contributed by atoms with Crippen LogP contribution in [0, 0.1) is 5.82 Å².